The smallest absolute Gasteiger partial charge is 0.345 e. The van der Waals surface area contributed by atoms with Crippen LogP contribution in [0.3, 0.4) is 0 Å². The van der Waals surface area contributed by atoms with Crippen LogP contribution in [0.4, 0.5) is 0 Å². The number of hydrogen-bond donors (Lipinski definition) is 1. The van der Waals surface area contributed by atoms with E-state index in [1.807, 2.05) is 6.07 Å². The van der Waals surface area contributed by atoms with Crippen LogP contribution in [0.2, 0.25) is 0 Å². The number of aryl methyl sites for hydroxylation is 1. The third-order valence-corrected chi connectivity index (χ3v) is 6.53. The van der Waals surface area contributed by atoms with E-state index in [1.54, 1.807) is 17.4 Å². The molecule has 0 radical (unpaired) electrons. The summed E-state index contributed by atoms with van der Waals surface area (Å²) in [6.07, 6.45) is 5.43. The molecule has 1 aliphatic rings. The van der Waals surface area contributed by atoms with E-state index in [4.69, 9.17) is 5.11 Å². The van der Waals surface area contributed by atoms with Crippen LogP contribution in [-0.2, 0) is 17.6 Å². The number of nitrogens with zero attached hydrogens (tertiary/aromatic N) is 1. The van der Waals surface area contributed by atoms with E-state index in [1.165, 1.54) is 16.2 Å². The van der Waals surface area contributed by atoms with Gasteiger partial charge in [0.2, 0.25) is 5.91 Å². The Morgan fingerprint density at radius 1 is 1.25 bits per heavy atom. The maximum Gasteiger partial charge on any atom is 0.345 e. The second-order valence-corrected chi connectivity index (χ2v) is 8.27. The molecule has 0 bridgehead atoms. The van der Waals surface area contributed by atoms with Gasteiger partial charge in [0.1, 0.15) is 4.88 Å². The Hall–Kier alpha value is -1.66. The highest BCUT2D eigenvalue weighted by atomic mass is 32.1. The van der Waals surface area contributed by atoms with Gasteiger partial charge in [-0.3, -0.25) is 4.79 Å². The largest absolute Gasteiger partial charge is 0.477 e. The lowest BCUT2D eigenvalue weighted by molar-refractivity contribution is -0.129. The topological polar surface area (TPSA) is 57.6 Å². The molecule has 2 aromatic heterocycles. The van der Waals surface area contributed by atoms with E-state index in [0.29, 0.717) is 17.3 Å². The summed E-state index contributed by atoms with van der Waals surface area (Å²) in [6, 6.07) is 8.10. The monoisotopic (exact) mass is 363 g/mol. The van der Waals surface area contributed by atoms with Gasteiger partial charge in [-0.05, 0) is 55.7 Å². The molecule has 0 aliphatic carbocycles. The minimum atomic E-state index is -0.854. The van der Waals surface area contributed by atoms with E-state index < -0.39 is 5.97 Å². The number of carbonyl (C=O) groups excluding carboxylic acids is 1. The SMILES string of the molecule is O=C(O)c1ccc(CCCC2CCC(=O)N2CCc2cccs2)s1. The van der Waals surface area contributed by atoms with Gasteiger partial charge in [0, 0.05) is 28.8 Å². The molecule has 1 amide bonds. The molecule has 1 N–H and O–H groups in total. The first-order valence-electron chi connectivity index (χ1n) is 8.27. The molecule has 6 heteroatoms. The molecule has 1 atom stereocenters. The molecule has 1 unspecified atom stereocenters. The minimum absolute atomic E-state index is 0.279. The molecule has 0 aromatic carbocycles. The Morgan fingerprint density at radius 3 is 2.83 bits per heavy atom. The van der Waals surface area contributed by atoms with Gasteiger partial charge in [0.05, 0.1) is 0 Å². The second-order valence-electron chi connectivity index (χ2n) is 6.07. The number of carboxylic acids is 1. The maximum absolute atomic E-state index is 12.1. The zero-order valence-corrected chi connectivity index (χ0v) is 15.1. The molecule has 3 rings (SSSR count). The van der Waals surface area contributed by atoms with Gasteiger partial charge in [-0.15, -0.1) is 22.7 Å². The summed E-state index contributed by atoms with van der Waals surface area (Å²) in [7, 11) is 0. The number of carbonyl (C=O) groups is 2. The van der Waals surface area contributed by atoms with Crippen LogP contribution < -0.4 is 0 Å². The van der Waals surface area contributed by atoms with Gasteiger partial charge in [0.25, 0.3) is 0 Å². The van der Waals surface area contributed by atoms with Crippen molar-refractivity contribution in [1.29, 1.82) is 0 Å². The number of carboxylic acid groups (broad SMARTS) is 1. The first-order chi connectivity index (χ1) is 11.6. The molecule has 4 nitrogen and oxygen atoms in total. The van der Waals surface area contributed by atoms with Crippen LogP contribution >= 0.6 is 22.7 Å². The highest BCUT2D eigenvalue weighted by molar-refractivity contribution is 7.13. The highest BCUT2D eigenvalue weighted by Crippen LogP contribution is 2.25. The van der Waals surface area contributed by atoms with Gasteiger partial charge >= 0.3 is 5.97 Å². The molecule has 1 saturated heterocycles. The average molecular weight is 364 g/mol. The minimum Gasteiger partial charge on any atom is -0.477 e. The van der Waals surface area contributed by atoms with Crippen molar-refractivity contribution in [1.82, 2.24) is 4.90 Å². The van der Waals surface area contributed by atoms with Crippen molar-refractivity contribution in [2.75, 3.05) is 6.54 Å². The predicted octanol–water partition coefficient (Wildman–Crippen LogP) is 4.06. The van der Waals surface area contributed by atoms with Crippen molar-refractivity contribution in [3.63, 3.8) is 0 Å². The van der Waals surface area contributed by atoms with Crippen molar-refractivity contribution in [3.8, 4) is 0 Å². The predicted molar refractivity (Wildman–Crippen MR) is 97.0 cm³/mol. The Morgan fingerprint density at radius 2 is 2.12 bits per heavy atom. The summed E-state index contributed by atoms with van der Waals surface area (Å²) >= 11 is 3.10. The fraction of sp³-hybridized carbons (Fsp3) is 0.444. The van der Waals surface area contributed by atoms with E-state index in [0.717, 1.165) is 43.5 Å². The lowest BCUT2D eigenvalue weighted by atomic mass is 10.1. The molecule has 1 aliphatic heterocycles. The van der Waals surface area contributed by atoms with Crippen LogP contribution in [0.5, 0.6) is 0 Å². The molecular weight excluding hydrogens is 342 g/mol. The third kappa shape index (κ3) is 4.24. The zero-order valence-electron chi connectivity index (χ0n) is 13.4. The van der Waals surface area contributed by atoms with Gasteiger partial charge < -0.3 is 10.0 Å². The molecule has 0 saturated carbocycles. The number of amides is 1. The standard InChI is InChI=1S/C18H21NO3S2/c20-17-9-6-13(19(17)11-10-14-5-2-12-23-14)3-1-4-15-7-8-16(24-15)18(21)22/h2,5,7-8,12-13H,1,3-4,6,9-11H2,(H,21,22). The van der Waals surface area contributed by atoms with Crippen LogP contribution in [0.25, 0.3) is 0 Å². The molecule has 128 valence electrons. The lowest BCUT2D eigenvalue weighted by Crippen LogP contribution is -2.34. The first-order valence-corrected chi connectivity index (χ1v) is 9.97. The average Bonchev–Trinajstić information content (AvgIpc) is 3.28. The summed E-state index contributed by atoms with van der Waals surface area (Å²) in [5.74, 6) is -0.576. The highest BCUT2D eigenvalue weighted by Gasteiger charge is 2.29. The zero-order chi connectivity index (χ0) is 16.9. The normalized spacial score (nSPS) is 17.6. The summed E-state index contributed by atoms with van der Waals surface area (Å²) < 4.78 is 0. The van der Waals surface area contributed by atoms with Crippen LogP contribution in [0.1, 0.15) is 45.1 Å². The Labute approximate surface area is 149 Å². The van der Waals surface area contributed by atoms with Gasteiger partial charge in [0.15, 0.2) is 0 Å². The van der Waals surface area contributed by atoms with Crippen LogP contribution in [0, 0.1) is 0 Å². The van der Waals surface area contributed by atoms with Crippen molar-refractivity contribution in [2.24, 2.45) is 0 Å². The van der Waals surface area contributed by atoms with E-state index in [2.05, 4.69) is 22.4 Å². The van der Waals surface area contributed by atoms with Crippen molar-refractivity contribution >= 4 is 34.6 Å². The van der Waals surface area contributed by atoms with Crippen molar-refractivity contribution < 1.29 is 14.7 Å². The molecule has 1 fully saturated rings. The number of thiophene rings is 2. The number of aromatic carboxylic acids is 1. The Bertz CT molecular complexity index is 693. The summed E-state index contributed by atoms with van der Waals surface area (Å²) in [5, 5.41) is 11.0. The fourth-order valence-electron chi connectivity index (χ4n) is 3.23. The first kappa shape index (κ1) is 17.2. The Kier molecular flexibility index (Phi) is 5.68. The quantitative estimate of drug-likeness (QED) is 0.769. The third-order valence-electron chi connectivity index (χ3n) is 4.46. The van der Waals surface area contributed by atoms with E-state index in [-0.39, 0.29) is 5.91 Å². The fourth-order valence-corrected chi connectivity index (χ4v) is 4.81. The van der Waals surface area contributed by atoms with E-state index in [9.17, 15) is 9.59 Å². The van der Waals surface area contributed by atoms with Gasteiger partial charge in [-0.2, -0.15) is 0 Å². The van der Waals surface area contributed by atoms with Crippen LogP contribution in [0.15, 0.2) is 29.6 Å². The summed E-state index contributed by atoms with van der Waals surface area (Å²) in [6.45, 7) is 0.812. The van der Waals surface area contributed by atoms with E-state index >= 15 is 0 Å². The molecule has 3 heterocycles. The lowest BCUT2D eigenvalue weighted by Gasteiger charge is -2.24. The number of hydrogen-bond acceptors (Lipinski definition) is 4. The summed E-state index contributed by atoms with van der Waals surface area (Å²) in [4.78, 5) is 27.9. The van der Waals surface area contributed by atoms with Crippen LogP contribution in [-0.4, -0.2) is 34.5 Å². The second kappa shape index (κ2) is 7.94. The number of rotatable bonds is 8. The molecule has 0 spiro atoms. The molecule has 2 aromatic rings. The van der Waals surface area contributed by atoms with Crippen molar-refractivity contribution in [3.05, 3.63) is 44.3 Å². The maximum atomic E-state index is 12.1. The Balaban J connectivity index is 1.47. The van der Waals surface area contributed by atoms with Gasteiger partial charge in [-0.1, -0.05) is 6.07 Å². The molecule has 24 heavy (non-hydrogen) atoms. The summed E-state index contributed by atoms with van der Waals surface area (Å²) in [5.41, 5.74) is 0. The number of likely N-dealkylation sites (tertiary alicyclic amines) is 1. The molecular formula is C18H21NO3S2. The van der Waals surface area contributed by atoms with Gasteiger partial charge in [-0.25, -0.2) is 4.79 Å². The van der Waals surface area contributed by atoms with Crippen molar-refractivity contribution in [2.45, 2.75) is 44.6 Å².